The van der Waals surface area contributed by atoms with E-state index in [-0.39, 0.29) is 18.0 Å². The van der Waals surface area contributed by atoms with Crippen LogP contribution in [0.2, 0.25) is 0 Å². The molecule has 0 unspecified atom stereocenters. The van der Waals surface area contributed by atoms with Crippen molar-refractivity contribution < 1.29 is 19.2 Å². The number of hydrogen-bond donors (Lipinski definition) is 1. The molecule has 126 valence electrons. The molecule has 5 rings (SSSR count). The van der Waals surface area contributed by atoms with Crippen molar-refractivity contribution in [2.45, 2.75) is 71.0 Å². The molecule has 0 saturated heterocycles. The van der Waals surface area contributed by atoms with Gasteiger partial charge < -0.3 is 14.4 Å². The number of rotatable bonds is 4. The second kappa shape index (κ2) is 5.07. The van der Waals surface area contributed by atoms with E-state index >= 15 is 0 Å². The van der Waals surface area contributed by atoms with E-state index in [4.69, 9.17) is 9.26 Å². The Labute approximate surface area is 136 Å². The molecule has 0 aliphatic heterocycles. The van der Waals surface area contributed by atoms with Crippen molar-refractivity contribution in [1.82, 2.24) is 5.16 Å². The fourth-order valence-electron chi connectivity index (χ4n) is 5.83. The number of aromatic nitrogens is 1. The highest BCUT2D eigenvalue weighted by molar-refractivity contribution is 5.70. The maximum absolute atomic E-state index is 12.4. The number of carbonyl (C=O) groups is 1. The molecule has 4 fully saturated rings. The Morgan fingerprint density at radius 1 is 1.30 bits per heavy atom. The summed E-state index contributed by atoms with van der Waals surface area (Å²) in [4.78, 5) is 12.4. The van der Waals surface area contributed by atoms with Crippen molar-refractivity contribution in [2.75, 3.05) is 0 Å². The van der Waals surface area contributed by atoms with Crippen molar-refractivity contribution >= 4 is 5.97 Å². The Kier molecular flexibility index (Phi) is 3.34. The van der Waals surface area contributed by atoms with Crippen LogP contribution in [0.15, 0.2) is 4.52 Å². The molecule has 5 nitrogen and oxygen atoms in total. The van der Waals surface area contributed by atoms with E-state index in [1.807, 2.05) is 13.8 Å². The van der Waals surface area contributed by atoms with Crippen LogP contribution in [0, 0.1) is 31.1 Å². The Balaban J connectivity index is 1.41. The van der Waals surface area contributed by atoms with Gasteiger partial charge in [0.25, 0.3) is 0 Å². The number of aliphatic hydroxyl groups is 1. The van der Waals surface area contributed by atoms with E-state index < -0.39 is 5.60 Å². The van der Waals surface area contributed by atoms with E-state index in [9.17, 15) is 9.90 Å². The van der Waals surface area contributed by atoms with E-state index in [0.29, 0.717) is 24.0 Å². The summed E-state index contributed by atoms with van der Waals surface area (Å²) in [6, 6.07) is 0. The molecule has 4 aliphatic rings. The molecule has 2 atom stereocenters. The predicted octanol–water partition coefficient (Wildman–Crippen LogP) is 3.06. The Bertz CT molecular complexity index is 601. The second-order valence-electron chi connectivity index (χ2n) is 8.33. The molecule has 0 spiro atoms. The van der Waals surface area contributed by atoms with Crippen molar-refractivity contribution in [3.8, 4) is 0 Å². The van der Waals surface area contributed by atoms with Gasteiger partial charge >= 0.3 is 5.97 Å². The summed E-state index contributed by atoms with van der Waals surface area (Å²) in [5, 5.41) is 14.6. The van der Waals surface area contributed by atoms with Gasteiger partial charge in [-0.1, -0.05) is 5.16 Å². The average molecular weight is 319 g/mol. The number of hydrogen-bond acceptors (Lipinski definition) is 5. The number of carbonyl (C=O) groups excluding carboxylic acids is 1. The van der Waals surface area contributed by atoms with Gasteiger partial charge in [-0.2, -0.15) is 0 Å². The molecular weight excluding hydrogens is 294 g/mol. The smallest absolute Gasteiger partial charge is 0.306 e. The van der Waals surface area contributed by atoms with Crippen LogP contribution in [0.25, 0.3) is 0 Å². The zero-order valence-corrected chi connectivity index (χ0v) is 13.9. The lowest BCUT2D eigenvalue weighted by molar-refractivity contribution is -0.177. The highest BCUT2D eigenvalue weighted by Crippen LogP contribution is 2.62. The van der Waals surface area contributed by atoms with Crippen LogP contribution in [0.4, 0.5) is 0 Å². The quantitative estimate of drug-likeness (QED) is 0.864. The Morgan fingerprint density at radius 3 is 2.57 bits per heavy atom. The van der Waals surface area contributed by atoms with Gasteiger partial charge in [0.2, 0.25) is 0 Å². The summed E-state index contributed by atoms with van der Waals surface area (Å²) in [5.41, 5.74) is 1.09. The van der Waals surface area contributed by atoms with Crippen LogP contribution in [0.3, 0.4) is 0 Å². The predicted molar refractivity (Wildman–Crippen MR) is 82.5 cm³/mol. The van der Waals surface area contributed by atoms with Gasteiger partial charge in [0.15, 0.2) is 0 Å². The third-order valence-electron chi connectivity index (χ3n) is 6.23. The SMILES string of the molecule is Cc1noc(C)c1COC(=O)CC12C[C@H]3C[C@@H](CC(O)(C3)C1)C2. The lowest BCUT2D eigenvalue weighted by atomic mass is 9.47. The fourth-order valence-corrected chi connectivity index (χ4v) is 5.83. The van der Waals surface area contributed by atoms with Crippen molar-refractivity contribution in [2.24, 2.45) is 17.3 Å². The van der Waals surface area contributed by atoms with Crippen molar-refractivity contribution in [3.63, 3.8) is 0 Å². The molecule has 23 heavy (non-hydrogen) atoms. The monoisotopic (exact) mass is 319 g/mol. The summed E-state index contributed by atoms with van der Waals surface area (Å²) in [5.74, 6) is 1.74. The Morgan fingerprint density at radius 2 is 2.00 bits per heavy atom. The fraction of sp³-hybridized carbons (Fsp3) is 0.778. The number of ether oxygens (including phenoxy) is 1. The van der Waals surface area contributed by atoms with Crippen LogP contribution in [-0.4, -0.2) is 21.8 Å². The van der Waals surface area contributed by atoms with E-state index in [0.717, 1.165) is 43.4 Å². The molecule has 1 aromatic heterocycles. The summed E-state index contributed by atoms with van der Waals surface area (Å²) in [6.07, 6.45) is 6.45. The third-order valence-corrected chi connectivity index (χ3v) is 6.23. The maximum atomic E-state index is 12.4. The molecule has 4 bridgehead atoms. The van der Waals surface area contributed by atoms with Gasteiger partial charge in [-0.05, 0) is 69.6 Å². The van der Waals surface area contributed by atoms with Gasteiger partial charge in [-0.15, -0.1) is 0 Å². The average Bonchev–Trinajstić information content (AvgIpc) is 2.72. The zero-order chi connectivity index (χ0) is 16.2. The highest BCUT2D eigenvalue weighted by Gasteiger charge is 2.57. The molecule has 4 aliphatic carbocycles. The van der Waals surface area contributed by atoms with E-state index in [2.05, 4.69) is 5.16 Å². The molecule has 1 aromatic rings. The van der Waals surface area contributed by atoms with Crippen LogP contribution in [-0.2, 0) is 16.1 Å². The zero-order valence-electron chi connectivity index (χ0n) is 13.9. The van der Waals surface area contributed by atoms with Gasteiger partial charge in [0, 0.05) is 0 Å². The first-order chi connectivity index (χ1) is 10.9. The van der Waals surface area contributed by atoms with Crippen molar-refractivity contribution in [1.29, 1.82) is 0 Å². The lowest BCUT2D eigenvalue weighted by Gasteiger charge is -2.60. The summed E-state index contributed by atoms with van der Waals surface area (Å²) >= 11 is 0. The van der Waals surface area contributed by atoms with E-state index in [1.54, 1.807) is 0 Å². The van der Waals surface area contributed by atoms with Gasteiger partial charge in [0.05, 0.1) is 23.3 Å². The minimum atomic E-state index is -0.522. The molecule has 1 N–H and O–H groups in total. The molecule has 5 heteroatoms. The topological polar surface area (TPSA) is 72.6 Å². The van der Waals surface area contributed by atoms with Crippen LogP contribution in [0.1, 0.15) is 62.0 Å². The van der Waals surface area contributed by atoms with Gasteiger partial charge in [-0.25, -0.2) is 0 Å². The summed E-state index contributed by atoms with van der Waals surface area (Å²) in [6.45, 7) is 3.92. The Hall–Kier alpha value is -1.36. The molecule has 0 amide bonds. The molecule has 4 saturated carbocycles. The molecule has 0 aromatic carbocycles. The van der Waals surface area contributed by atoms with Gasteiger partial charge in [-0.3, -0.25) is 4.79 Å². The first-order valence-corrected chi connectivity index (χ1v) is 8.66. The van der Waals surface area contributed by atoms with Crippen LogP contribution < -0.4 is 0 Å². The molecular formula is C18H25NO4. The normalized spacial score (nSPS) is 38.0. The first-order valence-electron chi connectivity index (χ1n) is 8.66. The summed E-state index contributed by atoms with van der Waals surface area (Å²) in [7, 11) is 0. The largest absolute Gasteiger partial charge is 0.461 e. The van der Waals surface area contributed by atoms with Gasteiger partial charge in [0.1, 0.15) is 12.4 Å². The third kappa shape index (κ3) is 2.69. The minimum absolute atomic E-state index is 0.0331. The van der Waals surface area contributed by atoms with E-state index in [1.165, 1.54) is 6.42 Å². The standard InChI is InChI=1S/C18H25NO4/c1-11-15(12(2)23-19-11)9-22-16(20)8-17-4-13-3-14(5-17)7-18(21,6-13)10-17/h13-14,21H,3-10H2,1-2H3/t13-,14-,17?,18?/m1/s1. The summed E-state index contributed by atoms with van der Waals surface area (Å²) < 4.78 is 10.6. The maximum Gasteiger partial charge on any atom is 0.306 e. The molecule has 0 radical (unpaired) electrons. The number of aryl methyl sites for hydroxylation is 2. The number of esters is 1. The highest BCUT2D eigenvalue weighted by atomic mass is 16.5. The second-order valence-corrected chi connectivity index (χ2v) is 8.33. The number of nitrogens with zero attached hydrogens (tertiary/aromatic N) is 1. The molecule has 1 heterocycles. The minimum Gasteiger partial charge on any atom is -0.461 e. The van der Waals surface area contributed by atoms with Crippen LogP contribution in [0.5, 0.6) is 0 Å². The van der Waals surface area contributed by atoms with Crippen molar-refractivity contribution in [3.05, 3.63) is 17.0 Å². The van der Waals surface area contributed by atoms with Crippen LogP contribution >= 0.6 is 0 Å². The lowest BCUT2D eigenvalue weighted by Crippen LogP contribution is -2.56. The first kappa shape index (κ1) is 15.2.